The number of thiazole rings is 1. The highest BCUT2D eigenvalue weighted by Gasteiger charge is 2.12. The molecule has 0 aliphatic carbocycles. The van der Waals surface area contributed by atoms with E-state index in [9.17, 15) is 4.79 Å². The van der Waals surface area contributed by atoms with E-state index < -0.39 is 0 Å². The molecular weight excluding hydrogens is 308 g/mol. The molecule has 0 N–H and O–H groups in total. The lowest BCUT2D eigenvalue weighted by Gasteiger charge is -2.04. The summed E-state index contributed by atoms with van der Waals surface area (Å²) >= 11 is 1.52. The van der Waals surface area contributed by atoms with E-state index in [1.807, 2.05) is 29.8 Å². The molecule has 3 rings (SSSR count). The molecule has 1 amide bonds. The molecule has 1 aromatic heterocycles. The van der Waals surface area contributed by atoms with Crippen molar-refractivity contribution in [3.05, 3.63) is 58.4 Å². The van der Waals surface area contributed by atoms with Gasteiger partial charge in [0.15, 0.2) is 4.80 Å². The molecule has 0 aliphatic rings. The lowest BCUT2D eigenvalue weighted by atomic mass is 10.1. The number of para-hydroxylation sites is 2. The number of fused-ring (bicyclic) bond motifs is 1. The van der Waals surface area contributed by atoms with E-state index in [-0.39, 0.29) is 5.91 Å². The van der Waals surface area contributed by atoms with Crippen molar-refractivity contribution < 1.29 is 9.53 Å². The number of benzene rings is 2. The van der Waals surface area contributed by atoms with Crippen LogP contribution in [0.3, 0.4) is 0 Å². The van der Waals surface area contributed by atoms with E-state index in [1.54, 1.807) is 19.2 Å². The van der Waals surface area contributed by atoms with Crippen LogP contribution >= 0.6 is 11.3 Å². The summed E-state index contributed by atoms with van der Waals surface area (Å²) in [5.41, 5.74) is 2.88. The number of aromatic nitrogens is 1. The van der Waals surface area contributed by atoms with Crippen molar-refractivity contribution in [2.45, 2.75) is 13.3 Å². The highest BCUT2D eigenvalue weighted by molar-refractivity contribution is 7.16. The summed E-state index contributed by atoms with van der Waals surface area (Å²) in [6.07, 6.45) is 0.946. The van der Waals surface area contributed by atoms with Gasteiger partial charge in [-0.1, -0.05) is 42.5 Å². The van der Waals surface area contributed by atoms with Crippen LogP contribution in [0.2, 0.25) is 0 Å². The molecule has 0 saturated heterocycles. The summed E-state index contributed by atoms with van der Waals surface area (Å²) in [6.45, 7) is 2.13. The van der Waals surface area contributed by atoms with Crippen molar-refractivity contribution in [2.24, 2.45) is 12.0 Å². The Kier molecular flexibility index (Phi) is 4.30. The minimum atomic E-state index is -0.289. The van der Waals surface area contributed by atoms with Crippen LogP contribution in [-0.2, 0) is 13.5 Å². The highest BCUT2D eigenvalue weighted by atomic mass is 32.1. The largest absolute Gasteiger partial charge is 0.496 e. The summed E-state index contributed by atoms with van der Waals surface area (Å²) in [7, 11) is 3.51. The van der Waals surface area contributed by atoms with E-state index in [0.717, 1.165) is 16.6 Å². The van der Waals surface area contributed by atoms with E-state index in [2.05, 4.69) is 24.0 Å². The maximum Gasteiger partial charge on any atom is 0.283 e. The number of ether oxygens (including phenoxy) is 1. The van der Waals surface area contributed by atoms with Gasteiger partial charge in [-0.15, -0.1) is 0 Å². The first-order valence-corrected chi connectivity index (χ1v) is 8.26. The summed E-state index contributed by atoms with van der Waals surface area (Å²) in [5, 5.41) is 0. The topological polar surface area (TPSA) is 43.6 Å². The van der Waals surface area contributed by atoms with Crippen LogP contribution in [0.1, 0.15) is 22.8 Å². The number of aryl methyl sites for hydroxylation is 2. The molecule has 3 aromatic rings. The molecule has 0 saturated carbocycles. The van der Waals surface area contributed by atoms with E-state index in [1.165, 1.54) is 16.9 Å². The number of amides is 1. The minimum absolute atomic E-state index is 0.289. The third-order valence-corrected chi connectivity index (χ3v) is 4.92. The van der Waals surface area contributed by atoms with Gasteiger partial charge in [0.05, 0.1) is 22.9 Å². The Hall–Kier alpha value is -2.40. The summed E-state index contributed by atoms with van der Waals surface area (Å²) in [5.74, 6) is 0.252. The Balaban J connectivity index is 2.15. The van der Waals surface area contributed by atoms with Crippen molar-refractivity contribution in [1.29, 1.82) is 0 Å². The Morgan fingerprint density at radius 3 is 2.74 bits per heavy atom. The van der Waals surface area contributed by atoms with Crippen molar-refractivity contribution in [3.8, 4) is 5.75 Å². The van der Waals surface area contributed by atoms with Crippen LogP contribution < -0.4 is 9.54 Å². The third-order valence-electron chi connectivity index (χ3n) is 3.82. The lowest BCUT2D eigenvalue weighted by Crippen LogP contribution is -2.14. The number of hydrogen-bond donors (Lipinski definition) is 0. The highest BCUT2D eigenvalue weighted by Crippen LogP contribution is 2.22. The zero-order valence-corrected chi connectivity index (χ0v) is 14.2. The monoisotopic (exact) mass is 326 g/mol. The van der Waals surface area contributed by atoms with Gasteiger partial charge in [-0.25, -0.2) is 0 Å². The van der Waals surface area contributed by atoms with E-state index in [0.29, 0.717) is 16.1 Å². The lowest BCUT2D eigenvalue weighted by molar-refractivity contribution is 0.0995. The third kappa shape index (κ3) is 2.80. The molecule has 1 heterocycles. The average molecular weight is 326 g/mol. The molecule has 0 bridgehead atoms. The van der Waals surface area contributed by atoms with E-state index >= 15 is 0 Å². The van der Waals surface area contributed by atoms with Crippen molar-refractivity contribution in [3.63, 3.8) is 0 Å². The van der Waals surface area contributed by atoms with Crippen LogP contribution in [0.4, 0.5) is 0 Å². The number of carbonyl (C=O) groups is 1. The van der Waals surface area contributed by atoms with Gasteiger partial charge in [0.1, 0.15) is 5.75 Å². The maximum atomic E-state index is 12.5. The molecule has 0 radical (unpaired) electrons. The zero-order chi connectivity index (χ0) is 16.4. The molecule has 0 aliphatic heterocycles. The van der Waals surface area contributed by atoms with Gasteiger partial charge in [0.25, 0.3) is 5.91 Å². The number of rotatable bonds is 3. The fourth-order valence-corrected chi connectivity index (χ4v) is 3.71. The van der Waals surface area contributed by atoms with Crippen LogP contribution in [-0.4, -0.2) is 17.6 Å². The molecule has 0 spiro atoms. The van der Waals surface area contributed by atoms with Crippen LogP contribution in [0.25, 0.3) is 10.2 Å². The maximum absolute atomic E-state index is 12.5. The van der Waals surface area contributed by atoms with E-state index in [4.69, 9.17) is 4.74 Å². The quantitative estimate of drug-likeness (QED) is 0.739. The van der Waals surface area contributed by atoms with Gasteiger partial charge in [-0.2, -0.15) is 4.99 Å². The number of methoxy groups -OCH3 is 1. The van der Waals surface area contributed by atoms with Gasteiger partial charge in [-0.05, 0) is 30.2 Å². The van der Waals surface area contributed by atoms with Gasteiger partial charge >= 0.3 is 0 Å². The standard InChI is InChI=1S/C18H18N2O2S/c1-4-12-8-7-11-15-16(12)20(2)18(23-15)19-17(21)13-9-5-6-10-14(13)22-3/h5-11H,4H2,1-3H3. The average Bonchev–Trinajstić information content (AvgIpc) is 2.90. The number of nitrogens with zero attached hydrogens (tertiary/aromatic N) is 2. The fraction of sp³-hybridized carbons (Fsp3) is 0.222. The van der Waals surface area contributed by atoms with Crippen molar-refractivity contribution >= 4 is 27.5 Å². The van der Waals surface area contributed by atoms with Gasteiger partial charge in [0, 0.05) is 7.05 Å². The Morgan fingerprint density at radius 1 is 1.22 bits per heavy atom. The predicted octanol–water partition coefficient (Wildman–Crippen LogP) is 3.55. The molecule has 23 heavy (non-hydrogen) atoms. The summed E-state index contributed by atoms with van der Waals surface area (Å²) in [6, 6.07) is 13.4. The molecule has 118 valence electrons. The molecule has 0 atom stereocenters. The van der Waals surface area contributed by atoms with Gasteiger partial charge in [0.2, 0.25) is 0 Å². The normalized spacial score (nSPS) is 11.9. The first-order valence-electron chi connectivity index (χ1n) is 7.45. The van der Waals surface area contributed by atoms with Crippen LogP contribution in [0.15, 0.2) is 47.5 Å². The second-order valence-corrected chi connectivity index (χ2v) is 6.19. The predicted molar refractivity (Wildman–Crippen MR) is 93.1 cm³/mol. The molecular formula is C18H18N2O2S. The smallest absolute Gasteiger partial charge is 0.283 e. The SMILES string of the molecule is CCc1cccc2sc(=NC(=O)c3ccccc3OC)n(C)c12. The molecule has 2 aromatic carbocycles. The zero-order valence-electron chi connectivity index (χ0n) is 13.4. The second kappa shape index (κ2) is 6.38. The minimum Gasteiger partial charge on any atom is -0.496 e. The Morgan fingerprint density at radius 2 is 2.00 bits per heavy atom. The number of carbonyl (C=O) groups excluding carboxylic acids is 1. The van der Waals surface area contributed by atoms with Crippen LogP contribution in [0, 0.1) is 0 Å². The first-order chi connectivity index (χ1) is 11.2. The van der Waals surface area contributed by atoms with Crippen molar-refractivity contribution in [2.75, 3.05) is 7.11 Å². The molecule has 0 fully saturated rings. The Labute approximate surface area is 138 Å². The first kappa shape index (κ1) is 15.5. The van der Waals surface area contributed by atoms with Crippen molar-refractivity contribution in [1.82, 2.24) is 4.57 Å². The molecule has 5 heteroatoms. The Bertz CT molecular complexity index is 938. The van der Waals surface area contributed by atoms with Crippen LogP contribution in [0.5, 0.6) is 5.75 Å². The second-order valence-electron chi connectivity index (χ2n) is 5.18. The molecule has 4 nitrogen and oxygen atoms in total. The van der Waals surface area contributed by atoms with Gasteiger partial charge < -0.3 is 9.30 Å². The summed E-state index contributed by atoms with van der Waals surface area (Å²) < 4.78 is 8.38. The van der Waals surface area contributed by atoms with Gasteiger partial charge in [-0.3, -0.25) is 4.79 Å². The number of hydrogen-bond acceptors (Lipinski definition) is 3. The molecule has 0 unspecified atom stereocenters. The summed E-state index contributed by atoms with van der Waals surface area (Å²) in [4.78, 5) is 17.5. The fourth-order valence-electron chi connectivity index (χ4n) is 2.64.